The molecule has 0 radical (unpaired) electrons. The van der Waals surface area contributed by atoms with Gasteiger partial charge in [0, 0.05) is 30.9 Å². The van der Waals surface area contributed by atoms with Crippen LogP contribution in [-0.4, -0.2) is 44.2 Å². The summed E-state index contributed by atoms with van der Waals surface area (Å²) >= 11 is 0. The third-order valence-electron chi connectivity index (χ3n) is 3.43. The second kappa shape index (κ2) is 4.65. The van der Waals surface area contributed by atoms with Crippen LogP contribution < -0.4 is 5.73 Å². The van der Waals surface area contributed by atoms with E-state index >= 15 is 0 Å². The standard InChI is InChI=1S/C10H15N7O2S/c1-7-8(4-11)10(15-13-7)20(18,19)17-3-2-16-6-12-14-9(16)5-17/h6H,2-5,11H2,1H3,(H,13,15). The van der Waals surface area contributed by atoms with Gasteiger partial charge in [0.15, 0.2) is 5.03 Å². The Bertz CT molecular complexity index is 733. The zero-order chi connectivity index (χ0) is 14.3. The molecule has 1 aliphatic heterocycles. The maximum atomic E-state index is 12.6. The molecule has 0 aromatic carbocycles. The van der Waals surface area contributed by atoms with Gasteiger partial charge < -0.3 is 10.3 Å². The molecule has 3 N–H and O–H groups in total. The SMILES string of the molecule is Cc1[nH]nc(S(=O)(=O)N2CCn3cnnc3C2)c1CN. The molecule has 0 saturated carbocycles. The number of hydrogen-bond acceptors (Lipinski definition) is 6. The second-order valence-corrected chi connectivity index (χ2v) is 6.47. The highest BCUT2D eigenvalue weighted by Gasteiger charge is 2.33. The number of aromatic amines is 1. The summed E-state index contributed by atoms with van der Waals surface area (Å²) in [5.41, 5.74) is 6.81. The van der Waals surface area contributed by atoms with Gasteiger partial charge in [0.25, 0.3) is 10.0 Å². The minimum Gasteiger partial charge on any atom is -0.326 e. The molecule has 2 aromatic rings. The van der Waals surface area contributed by atoms with Gasteiger partial charge in [-0.15, -0.1) is 10.2 Å². The molecule has 3 heterocycles. The smallest absolute Gasteiger partial charge is 0.263 e. The zero-order valence-electron chi connectivity index (χ0n) is 10.9. The molecule has 3 rings (SSSR count). The lowest BCUT2D eigenvalue weighted by atomic mass is 10.3. The van der Waals surface area contributed by atoms with Gasteiger partial charge in [-0.3, -0.25) is 5.10 Å². The molecule has 0 atom stereocenters. The number of H-pyrrole nitrogens is 1. The second-order valence-electron chi connectivity index (χ2n) is 4.62. The minimum atomic E-state index is -3.67. The first-order valence-corrected chi connectivity index (χ1v) is 7.58. The molecular formula is C10H15N7O2S. The average Bonchev–Trinajstić information content (AvgIpc) is 3.03. The molecule has 20 heavy (non-hydrogen) atoms. The number of hydrogen-bond donors (Lipinski definition) is 2. The molecule has 0 bridgehead atoms. The number of sulfonamides is 1. The van der Waals surface area contributed by atoms with Crippen LogP contribution in [-0.2, 0) is 29.7 Å². The number of aryl methyl sites for hydroxylation is 1. The predicted molar refractivity (Wildman–Crippen MR) is 68.8 cm³/mol. The number of nitrogens with two attached hydrogens (primary N) is 1. The van der Waals surface area contributed by atoms with Crippen LogP contribution in [0.1, 0.15) is 17.1 Å². The average molecular weight is 297 g/mol. The maximum absolute atomic E-state index is 12.6. The first-order valence-electron chi connectivity index (χ1n) is 6.14. The Balaban J connectivity index is 1.97. The van der Waals surface area contributed by atoms with E-state index in [2.05, 4.69) is 20.4 Å². The Kier molecular flexibility index (Phi) is 3.07. The molecular weight excluding hydrogens is 282 g/mol. The Labute approximate surface area is 115 Å². The number of aromatic nitrogens is 5. The fourth-order valence-electron chi connectivity index (χ4n) is 2.26. The largest absolute Gasteiger partial charge is 0.326 e. The van der Waals surface area contributed by atoms with Gasteiger partial charge >= 0.3 is 0 Å². The molecule has 2 aromatic heterocycles. The molecule has 0 saturated heterocycles. The quantitative estimate of drug-likeness (QED) is 0.747. The first-order chi connectivity index (χ1) is 9.54. The predicted octanol–water partition coefficient (Wildman–Crippen LogP) is -1.03. The van der Waals surface area contributed by atoms with Crippen LogP contribution in [0.2, 0.25) is 0 Å². The number of rotatable bonds is 3. The summed E-state index contributed by atoms with van der Waals surface area (Å²) < 4.78 is 28.5. The van der Waals surface area contributed by atoms with Crippen LogP contribution in [0, 0.1) is 6.92 Å². The van der Waals surface area contributed by atoms with Crippen molar-refractivity contribution < 1.29 is 8.42 Å². The van der Waals surface area contributed by atoms with Crippen molar-refractivity contribution in [1.29, 1.82) is 0 Å². The zero-order valence-corrected chi connectivity index (χ0v) is 11.8. The highest BCUT2D eigenvalue weighted by molar-refractivity contribution is 7.89. The summed E-state index contributed by atoms with van der Waals surface area (Å²) in [6.45, 7) is 2.96. The van der Waals surface area contributed by atoms with E-state index in [4.69, 9.17) is 5.73 Å². The van der Waals surface area contributed by atoms with Crippen molar-refractivity contribution in [3.63, 3.8) is 0 Å². The molecule has 0 fully saturated rings. The summed E-state index contributed by atoms with van der Waals surface area (Å²) in [5.74, 6) is 0.626. The molecule has 0 amide bonds. The molecule has 1 aliphatic rings. The Hall–Kier alpha value is -1.78. The Morgan fingerprint density at radius 3 is 3.00 bits per heavy atom. The molecule has 10 heteroatoms. The van der Waals surface area contributed by atoms with Crippen molar-refractivity contribution in [3.05, 3.63) is 23.4 Å². The van der Waals surface area contributed by atoms with Crippen LogP contribution in [0.15, 0.2) is 11.4 Å². The lowest BCUT2D eigenvalue weighted by molar-refractivity contribution is 0.334. The molecule has 9 nitrogen and oxygen atoms in total. The molecule has 0 aliphatic carbocycles. The molecule has 0 unspecified atom stereocenters. The van der Waals surface area contributed by atoms with Gasteiger partial charge in [0.2, 0.25) is 0 Å². The van der Waals surface area contributed by atoms with E-state index in [0.29, 0.717) is 30.2 Å². The summed E-state index contributed by atoms with van der Waals surface area (Å²) in [7, 11) is -3.67. The van der Waals surface area contributed by atoms with Crippen LogP contribution >= 0.6 is 0 Å². The third kappa shape index (κ3) is 1.92. The van der Waals surface area contributed by atoms with Crippen molar-refractivity contribution in [3.8, 4) is 0 Å². The van der Waals surface area contributed by atoms with E-state index in [0.717, 1.165) is 0 Å². The van der Waals surface area contributed by atoms with E-state index < -0.39 is 10.0 Å². The van der Waals surface area contributed by atoms with Gasteiger partial charge in [-0.2, -0.15) is 9.40 Å². The van der Waals surface area contributed by atoms with Crippen molar-refractivity contribution in [2.75, 3.05) is 6.54 Å². The maximum Gasteiger partial charge on any atom is 0.263 e. The van der Waals surface area contributed by atoms with Crippen LogP contribution in [0.4, 0.5) is 0 Å². The highest BCUT2D eigenvalue weighted by atomic mass is 32.2. The van der Waals surface area contributed by atoms with E-state index in [1.807, 2.05) is 4.57 Å². The van der Waals surface area contributed by atoms with Crippen molar-refractivity contribution in [2.24, 2.45) is 5.73 Å². The van der Waals surface area contributed by atoms with Gasteiger partial charge in [-0.05, 0) is 6.92 Å². The normalized spacial score (nSPS) is 16.3. The number of nitrogens with zero attached hydrogens (tertiary/aromatic N) is 5. The van der Waals surface area contributed by atoms with Crippen molar-refractivity contribution in [2.45, 2.75) is 31.6 Å². The van der Waals surface area contributed by atoms with E-state index in [9.17, 15) is 8.42 Å². The third-order valence-corrected chi connectivity index (χ3v) is 5.25. The van der Waals surface area contributed by atoms with Gasteiger partial charge in [0.05, 0.1) is 6.54 Å². The van der Waals surface area contributed by atoms with Gasteiger partial charge in [0.1, 0.15) is 12.2 Å². The van der Waals surface area contributed by atoms with Crippen molar-refractivity contribution >= 4 is 10.0 Å². The lowest BCUT2D eigenvalue weighted by Crippen LogP contribution is -2.38. The molecule has 0 spiro atoms. The minimum absolute atomic E-state index is 0.00506. The number of fused-ring (bicyclic) bond motifs is 1. The summed E-state index contributed by atoms with van der Waals surface area (Å²) in [6.07, 6.45) is 1.60. The fourth-order valence-corrected chi connectivity index (χ4v) is 3.82. The Morgan fingerprint density at radius 1 is 1.45 bits per heavy atom. The van der Waals surface area contributed by atoms with Crippen LogP contribution in [0.5, 0.6) is 0 Å². The highest BCUT2D eigenvalue weighted by Crippen LogP contribution is 2.23. The van der Waals surface area contributed by atoms with Crippen molar-refractivity contribution in [1.82, 2.24) is 29.3 Å². The van der Waals surface area contributed by atoms with E-state index in [1.165, 1.54) is 4.31 Å². The summed E-state index contributed by atoms with van der Waals surface area (Å²) in [5, 5.41) is 14.3. The van der Waals surface area contributed by atoms with Crippen LogP contribution in [0.25, 0.3) is 0 Å². The Morgan fingerprint density at radius 2 is 2.25 bits per heavy atom. The summed E-state index contributed by atoms with van der Waals surface area (Å²) in [6, 6.07) is 0. The van der Waals surface area contributed by atoms with Crippen LogP contribution in [0.3, 0.4) is 0 Å². The topological polar surface area (TPSA) is 123 Å². The first kappa shape index (κ1) is 13.2. The number of nitrogens with one attached hydrogen (secondary N) is 1. The monoisotopic (exact) mass is 297 g/mol. The van der Waals surface area contributed by atoms with E-state index in [1.54, 1.807) is 13.3 Å². The van der Waals surface area contributed by atoms with E-state index in [-0.39, 0.29) is 18.1 Å². The molecule has 108 valence electrons. The lowest BCUT2D eigenvalue weighted by Gasteiger charge is -2.25. The fraction of sp³-hybridized carbons (Fsp3) is 0.500. The summed E-state index contributed by atoms with van der Waals surface area (Å²) in [4.78, 5) is 0. The van der Waals surface area contributed by atoms with Gasteiger partial charge in [-0.1, -0.05) is 0 Å². The van der Waals surface area contributed by atoms with Gasteiger partial charge in [-0.25, -0.2) is 8.42 Å².